The van der Waals surface area contributed by atoms with E-state index in [-0.39, 0.29) is 5.69 Å². The first-order chi connectivity index (χ1) is 9.16. The fraction of sp³-hybridized carbons (Fsp3) is 0.538. The fourth-order valence-electron chi connectivity index (χ4n) is 2.08. The number of nitrogens with zero attached hydrogens (tertiary/aromatic N) is 1. The molecule has 0 radical (unpaired) electrons. The van der Waals surface area contributed by atoms with Crippen LogP contribution in [-0.2, 0) is 16.1 Å². The van der Waals surface area contributed by atoms with E-state index in [0.717, 1.165) is 26.1 Å². The number of anilines is 1. The second-order valence-corrected chi connectivity index (χ2v) is 4.71. The Morgan fingerprint density at radius 2 is 2.16 bits per heavy atom. The van der Waals surface area contributed by atoms with Crippen LogP contribution in [0.2, 0.25) is 0 Å². The molecule has 2 N–H and O–H groups in total. The van der Waals surface area contributed by atoms with E-state index < -0.39 is 4.92 Å². The normalized spacial score (nSPS) is 16.4. The van der Waals surface area contributed by atoms with Gasteiger partial charge in [0.05, 0.1) is 18.1 Å². The minimum atomic E-state index is -0.429. The SMILES string of the molecule is Nc1ccc([N+](=O)[O-])cc1COCC1CCOCC1. The lowest BCUT2D eigenvalue weighted by molar-refractivity contribution is -0.384. The van der Waals surface area contributed by atoms with Gasteiger partial charge in [-0.25, -0.2) is 0 Å². The van der Waals surface area contributed by atoms with Crippen LogP contribution < -0.4 is 5.73 Å². The number of benzene rings is 1. The standard InChI is InChI=1S/C13H18N2O4/c14-13-2-1-12(15(16)17)7-11(13)9-19-8-10-3-5-18-6-4-10/h1-2,7,10H,3-6,8-9,14H2. The molecule has 1 aliphatic heterocycles. The quantitative estimate of drug-likeness (QED) is 0.501. The van der Waals surface area contributed by atoms with E-state index in [1.54, 1.807) is 6.07 Å². The highest BCUT2D eigenvalue weighted by atomic mass is 16.6. The van der Waals surface area contributed by atoms with Crippen molar-refractivity contribution in [1.82, 2.24) is 0 Å². The van der Waals surface area contributed by atoms with E-state index in [2.05, 4.69) is 0 Å². The lowest BCUT2D eigenvalue weighted by Gasteiger charge is -2.21. The molecule has 0 aliphatic carbocycles. The second kappa shape index (κ2) is 6.49. The highest BCUT2D eigenvalue weighted by molar-refractivity contribution is 5.52. The maximum absolute atomic E-state index is 10.7. The molecule has 0 bridgehead atoms. The first-order valence-electron chi connectivity index (χ1n) is 6.35. The van der Waals surface area contributed by atoms with E-state index in [0.29, 0.717) is 30.4 Å². The summed E-state index contributed by atoms with van der Waals surface area (Å²) >= 11 is 0. The van der Waals surface area contributed by atoms with Gasteiger partial charge in [-0.3, -0.25) is 10.1 Å². The molecule has 0 saturated carbocycles. The monoisotopic (exact) mass is 266 g/mol. The third-order valence-electron chi connectivity index (χ3n) is 3.29. The number of nitrogen functional groups attached to an aromatic ring is 1. The van der Waals surface area contributed by atoms with Gasteiger partial charge in [0.15, 0.2) is 0 Å². The lowest BCUT2D eigenvalue weighted by Crippen LogP contribution is -2.20. The van der Waals surface area contributed by atoms with Crippen LogP contribution in [0.15, 0.2) is 18.2 Å². The molecule has 19 heavy (non-hydrogen) atoms. The maximum Gasteiger partial charge on any atom is 0.269 e. The fourth-order valence-corrected chi connectivity index (χ4v) is 2.08. The van der Waals surface area contributed by atoms with Gasteiger partial charge in [0.1, 0.15) is 0 Å². The predicted molar refractivity (Wildman–Crippen MR) is 70.7 cm³/mol. The van der Waals surface area contributed by atoms with Crippen molar-refractivity contribution >= 4 is 11.4 Å². The summed E-state index contributed by atoms with van der Waals surface area (Å²) in [6, 6.07) is 4.42. The topological polar surface area (TPSA) is 87.6 Å². The van der Waals surface area contributed by atoms with Crippen LogP contribution in [0.5, 0.6) is 0 Å². The van der Waals surface area contributed by atoms with Gasteiger partial charge in [0.25, 0.3) is 5.69 Å². The molecule has 1 aromatic rings. The Kier molecular flexibility index (Phi) is 4.70. The number of hydrogen-bond acceptors (Lipinski definition) is 5. The molecule has 0 unspecified atom stereocenters. The highest BCUT2D eigenvalue weighted by Crippen LogP contribution is 2.21. The third kappa shape index (κ3) is 3.90. The van der Waals surface area contributed by atoms with Crippen molar-refractivity contribution in [2.75, 3.05) is 25.6 Å². The minimum absolute atomic E-state index is 0.0406. The molecule has 6 nitrogen and oxygen atoms in total. The largest absolute Gasteiger partial charge is 0.398 e. The van der Waals surface area contributed by atoms with E-state index in [1.807, 2.05) is 0 Å². The van der Waals surface area contributed by atoms with Crippen molar-refractivity contribution < 1.29 is 14.4 Å². The number of rotatable bonds is 5. The molecule has 1 fully saturated rings. The number of nitrogens with two attached hydrogens (primary N) is 1. The number of ether oxygens (including phenoxy) is 2. The number of hydrogen-bond donors (Lipinski definition) is 1. The molecule has 0 atom stereocenters. The van der Waals surface area contributed by atoms with Crippen LogP contribution in [0.3, 0.4) is 0 Å². The van der Waals surface area contributed by atoms with Crippen molar-refractivity contribution in [3.8, 4) is 0 Å². The summed E-state index contributed by atoms with van der Waals surface area (Å²) in [4.78, 5) is 10.3. The van der Waals surface area contributed by atoms with E-state index in [1.165, 1.54) is 12.1 Å². The van der Waals surface area contributed by atoms with Crippen LogP contribution in [0, 0.1) is 16.0 Å². The predicted octanol–water partition coefficient (Wildman–Crippen LogP) is 2.12. The number of non-ortho nitro benzene ring substituents is 1. The van der Waals surface area contributed by atoms with Gasteiger partial charge in [-0.05, 0) is 24.8 Å². The molecule has 1 aromatic carbocycles. The average Bonchev–Trinajstić information content (AvgIpc) is 2.42. The van der Waals surface area contributed by atoms with Gasteiger partial charge in [-0.2, -0.15) is 0 Å². The van der Waals surface area contributed by atoms with Crippen LogP contribution in [-0.4, -0.2) is 24.7 Å². The Bertz CT molecular complexity index is 444. The molecule has 0 amide bonds. The second-order valence-electron chi connectivity index (χ2n) is 4.71. The van der Waals surface area contributed by atoms with Crippen molar-refractivity contribution in [3.63, 3.8) is 0 Å². The molecule has 1 aliphatic rings. The van der Waals surface area contributed by atoms with Gasteiger partial charge < -0.3 is 15.2 Å². The average molecular weight is 266 g/mol. The molecule has 0 spiro atoms. The molecule has 2 rings (SSSR count). The summed E-state index contributed by atoms with van der Waals surface area (Å²) in [5, 5.41) is 10.7. The lowest BCUT2D eigenvalue weighted by atomic mass is 10.0. The summed E-state index contributed by atoms with van der Waals surface area (Å²) in [6.45, 7) is 2.52. The Morgan fingerprint density at radius 1 is 1.42 bits per heavy atom. The first kappa shape index (κ1) is 13.8. The van der Waals surface area contributed by atoms with Gasteiger partial charge in [-0.15, -0.1) is 0 Å². The Hall–Kier alpha value is -1.66. The van der Waals surface area contributed by atoms with Crippen LogP contribution in [0.4, 0.5) is 11.4 Å². The van der Waals surface area contributed by atoms with Crippen LogP contribution in [0.1, 0.15) is 18.4 Å². The van der Waals surface area contributed by atoms with Gasteiger partial charge in [0.2, 0.25) is 0 Å². The number of nitro benzene ring substituents is 1. The summed E-state index contributed by atoms with van der Waals surface area (Å²) in [7, 11) is 0. The summed E-state index contributed by atoms with van der Waals surface area (Å²) < 4.78 is 10.9. The van der Waals surface area contributed by atoms with Crippen molar-refractivity contribution in [1.29, 1.82) is 0 Å². The van der Waals surface area contributed by atoms with Gasteiger partial charge >= 0.3 is 0 Å². The van der Waals surface area contributed by atoms with E-state index >= 15 is 0 Å². The van der Waals surface area contributed by atoms with Gasteiger partial charge in [0, 0.05) is 36.6 Å². The highest BCUT2D eigenvalue weighted by Gasteiger charge is 2.14. The first-order valence-corrected chi connectivity index (χ1v) is 6.35. The zero-order chi connectivity index (χ0) is 13.7. The smallest absolute Gasteiger partial charge is 0.269 e. The van der Waals surface area contributed by atoms with Crippen molar-refractivity contribution in [2.24, 2.45) is 5.92 Å². The third-order valence-corrected chi connectivity index (χ3v) is 3.29. The molecular formula is C13H18N2O4. The van der Waals surface area contributed by atoms with E-state index in [4.69, 9.17) is 15.2 Å². The Balaban J connectivity index is 1.87. The molecule has 1 heterocycles. The maximum atomic E-state index is 10.7. The summed E-state index contributed by atoms with van der Waals surface area (Å²) in [5.74, 6) is 0.508. The molecule has 6 heteroatoms. The van der Waals surface area contributed by atoms with Gasteiger partial charge in [-0.1, -0.05) is 0 Å². The zero-order valence-electron chi connectivity index (χ0n) is 10.7. The molecule has 104 valence electrons. The van der Waals surface area contributed by atoms with Crippen molar-refractivity contribution in [3.05, 3.63) is 33.9 Å². The Morgan fingerprint density at radius 3 is 2.84 bits per heavy atom. The number of nitro groups is 1. The summed E-state index contributed by atoms with van der Waals surface area (Å²) in [6.07, 6.45) is 2.01. The molecule has 0 aromatic heterocycles. The summed E-state index contributed by atoms with van der Waals surface area (Å²) in [5.41, 5.74) is 7.02. The Labute approximate surface area is 111 Å². The van der Waals surface area contributed by atoms with Crippen molar-refractivity contribution in [2.45, 2.75) is 19.4 Å². The minimum Gasteiger partial charge on any atom is -0.398 e. The van der Waals surface area contributed by atoms with E-state index in [9.17, 15) is 10.1 Å². The van der Waals surface area contributed by atoms with Crippen LogP contribution in [0.25, 0.3) is 0 Å². The molecular weight excluding hydrogens is 248 g/mol. The zero-order valence-corrected chi connectivity index (χ0v) is 10.7. The molecule has 1 saturated heterocycles. The van der Waals surface area contributed by atoms with Crippen LogP contribution >= 0.6 is 0 Å².